The summed E-state index contributed by atoms with van der Waals surface area (Å²) in [4.78, 5) is 14.6. The van der Waals surface area contributed by atoms with E-state index in [0.717, 1.165) is 18.7 Å². The lowest BCUT2D eigenvalue weighted by Gasteiger charge is -2.33. The second-order valence-corrected chi connectivity index (χ2v) is 6.87. The SMILES string of the molecule is Cl.NC(Cc1ccccc1)C(=O)N1CCC2(CCCCC2)C1. The summed E-state index contributed by atoms with van der Waals surface area (Å²) in [6, 6.07) is 9.67. The molecule has 2 aliphatic rings. The van der Waals surface area contributed by atoms with Crippen LogP contribution in [0.2, 0.25) is 0 Å². The molecule has 3 rings (SSSR count). The minimum atomic E-state index is -0.397. The quantitative estimate of drug-likeness (QED) is 0.929. The van der Waals surface area contributed by atoms with Crippen LogP contribution < -0.4 is 5.73 Å². The summed E-state index contributed by atoms with van der Waals surface area (Å²) in [5, 5.41) is 0. The van der Waals surface area contributed by atoms with E-state index in [1.165, 1.54) is 38.5 Å². The van der Waals surface area contributed by atoms with Crippen molar-refractivity contribution in [2.24, 2.45) is 11.1 Å². The van der Waals surface area contributed by atoms with Crippen molar-refractivity contribution in [1.29, 1.82) is 0 Å². The largest absolute Gasteiger partial charge is 0.341 e. The van der Waals surface area contributed by atoms with E-state index in [2.05, 4.69) is 0 Å². The summed E-state index contributed by atoms with van der Waals surface area (Å²) in [5.41, 5.74) is 7.72. The standard InChI is InChI=1S/C18H26N2O.ClH/c19-16(13-15-7-3-1-4-8-15)17(21)20-12-11-18(14-20)9-5-2-6-10-18;/h1,3-4,7-8,16H,2,5-6,9-14,19H2;1H. The predicted octanol–water partition coefficient (Wildman–Crippen LogP) is 3.16. The highest BCUT2D eigenvalue weighted by molar-refractivity contribution is 5.85. The molecule has 0 aromatic heterocycles. The lowest BCUT2D eigenvalue weighted by Crippen LogP contribution is -2.44. The molecule has 1 spiro atoms. The van der Waals surface area contributed by atoms with E-state index >= 15 is 0 Å². The third-order valence-corrected chi connectivity index (χ3v) is 5.28. The van der Waals surface area contributed by atoms with Gasteiger partial charge in [0.2, 0.25) is 5.91 Å². The first kappa shape index (κ1) is 17.3. The van der Waals surface area contributed by atoms with Crippen LogP contribution in [0, 0.1) is 5.41 Å². The van der Waals surface area contributed by atoms with Gasteiger partial charge in [-0.05, 0) is 36.7 Å². The van der Waals surface area contributed by atoms with E-state index in [0.29, 0.717) is 11.8 Å². The minimum absolute atomic E-state index is 0. The maximum Gasteiger partial charge on any atom is 0.239 e. The van der Waals surface area contributed by atoms with E-state index in [1.54, 1.807) is 0 Å². The van der Waals surface area contributed by atoms with Gasteiger partial charge in [0.15, 0.2) is 0 Å². The molecule has 122 valence electrons. The van der Waals surface area contributed by atoms with Crippen LogP contribution in [-0.2, 0) is 11.2 Å². The normalized spacial score (nSPS) is 21.4. The van der Waals surface area contributed by atoms with E-state index in [9.17, 15) is 4.79 Å². The fourth-order valence-corrected chi connectivity index (χ4v) is 4.02. The van der Waals surface area contributed by atoms with Gasteiger partial charge in [-0.2, -0.15) is 0 Å². The van der Waals surface area contributed by atoms with Gasteiger partial charge in [-0.15, -0.1) is 12.4 Å². The van der Waals surface area contributed by atoms with Crippen molar-refractivity contribution in [2.75, 3.05) is 13.1 Å². The lowest BCUT2D eigenvalue weighted by atomic mass is 9.73. The average Bonchev–Trinajstić information content (AvgIpc) is 2.92. The van der Waals surface area contributed by atoms with Crippen LogP contribution in [0.15, 0.2) is 30.3 Å². The van der Waals surface area contributed by atoms with Crippen molar-refractivity contribution in [2.45, 2.75) is 51.0 Å². The van der Waals surface area contributed by atoms with Gasteiger partial charge in [-0.1, -0.05) is 49.6 Å². The number of hydrogen-bond acceptors (Lipinski definition) is 2. The van der Waals surface area contributed by atoms with Crippen molar-refractivity contribution < 1.29 is 4.79 Å². The number of nitrogens with two attached hydrogens (primary N) is 1. The first-order valence-corrected chi connectivity index (χ1v) is 8.27. The fraction of sp³-hybridized carbons (Fsp3) is 0.611. The maximum atomic E-state index is 12.6. The summed E-state index contributed by atoms with van der Waals surface area (Å²) < 4.78 is 0. The Morgan fingerprint density at radius 1 is 1.14 bits per heavy atom. The zero-order valence-electron chi connectivity index (χ0n) is 13.2. The van der Waals surface area contributed by atoms with Crippen molar-refractivity contribution >= 4 is 18.3 Å². The van der Waals surface area contributed by atoms with Gasteiger partial charge in [0.05, 0.1) is 6.04 Å². The highest BCUT2D eigenvalue weighted by Gasteiger charge is 2.41. The number of carbonyl (C=O) groups is 1. The monoisotopic (exact) mass is 322 g/mol. The van der Waals surface area contributed by atoms with E-state index in [1.807, 2.05) is 35.2 Å². The molecule has 1 amide bonds. The first-order valence-electron chi connectivity index (χ1n) is 8.27. The second kappa shape index (κ2) is 7.47. The summed E-state index contributed by atoms with van der Waals surface area (Å²) in [7, 11) is 0. The van der Waals surface area contributed by atoms with Gasteiger partial charge in [-0.3, -0.25) is 4.79 Å². The highest BCUT2D eigenvalue weighted by Crippen LogP contribution is 2.43. The molecule has 22 heavy (non-hydrogen) atoms. The Bertz CT molecular complexity index is 485. The van der Waals surface area contributed by atoms with Gasteiger partial charge in [0.1, 0.15) is 0 Å². The Morgan fingerprint density at radius 2 is 1.82 bits per heavy atom. The summed E-state index contributed by atoms with van der Waals surface area (Å²) in [6.07, 6.45) is 8.44. The molecule has 0 radical (unpaired) electrons. The Morgan fingerprint density at radius 3 is 2.50 bits per heavy atom. The summed E-state index contributed by atoms with van der Waals surface area (Å²) in [5.74, 6) is 0.140. The molecule has 4 heteroatoms. The smallest absolute Gasteiger partial charge is 0.239 e. The number of halogens is 1. The second-order valence-electron chi connectivity index (χ2n) is 6.87. The van der Waals surface area contributed by atoms with Crippen LogP contribution >= 0.6 is 12.4 Å². The van der Waals surface area contributed by atoms with Crippen LogP contribution in [0.3, 0.4) is 0 Å². The van der Waals surface area contributed by atoms with Gasteiger partial charge in [0, 0.05) is 13.1 Å². The van der Waals surface area contributed by atoms with Gasteiger partial charge >= 0.3 is 0 Å². The molecule has 1 saturated carbocycles. The Labute approximate surface area is 139 Å². The third kappa shape index (κ3) is 3.82. The van der Waals surface area contributed by atoms with Crippen LogP contribution in [0.25, 0.3) is 0 Å². The molecular formula is C18H27ClN2O. The molecule has 2 N–H and O–H groups in total. The van der Waals surface area contributed by atoms with Crippen LogP contribution in [0.4, 0.5) is 0 Å². The summed E-state index contributed by atoms with van der Waals surface area (Å²) >= 11 is 0. The zero-order chi connectivity index (χ0) is 14.7. The average molecular weight is 323 g/mol. The minimum Gasteiger partial charge on any atom is -0.341 e. The highest BCUT2D eigenvalue weighted by atomic mass is 35.5. The van der Waals surface area contributed by atoms with Crippen molar-refractivity contribution in [3.63, 3.8) is 0 Å². The number of rotatable bonds is 3. The fourth-order valence-electron chi connectivity index (χ4n) is 4.02. The van der Waals surface area contributed by atoms with Gasteiger partial charge in [-0.25, -0.2) is 0 Å². The molecule has 2 fully saturated rings. The van der Waals surface area contributed by atoms with Gasteiger partial charge < -0.3 is 10.6 Å². The van der Waals surface area contributed by atoms with Crippen LogP contribution in [-0.4, -0.2) is 29.9 Å². The lowest BCUT2D eigenvalue weighted by molar-refractivity contribution is -0.132. The number of carbonyl (C=O) groups excluding carboxylic acids is 1. The van der Waals surface area contributed by atoms with Crippen molar-refractivity contribution in [1.82, 2.24) is 4.90 Å². The number of likely N-dealkylation sites (tertiary alicyclic amines) is 1. The Balaban J connectivity index is 0.00000176. The van der Waals surface area contributed by atoms with E-state index in [4.69, 9.17) is 5.73 Å². The molecule has 3 nitrogen and oxygen atoms in total. The molecule has 1 aromatic rings. The zero-order valence-corrected chi connectivity index (χ0v) is 14.0. The number of hydrogen-bond donors (Lipinski definition) is 1. The van der Waals surface area contributed by atoms with Gasteiger partial charge in [0.25, 0.3) is 0 Å². The van der Waals surface area contributed by atoms with E-state index < -0.39 is 6.04 Å². The summed E-state index contributed by atoms with van der Waals surface area (Å²) in [6.45, 7) is 1.84. The molecule has 1 unspecified atom stereocenters. The number of benzene rings is 1. The number of nitrogens with zero attached hydrogens (tertiary/aromatic N) is 1. The molecular weight excluding hydrogens is 296 g/mol. The Kier molecular flexibility index (Phi) is 5.87. The van der Waals surface area contributed by atoms with E-state index in [-0.39, 0.29) is 18.3 Å². The molecule has 1 aliphatic carbocycles. The van der Waals surface area contributed by atoms with Crippen molar-refractivity contribution in [3.05, 3.63) is 35.9 Å². The third-order valence-electron chi connectivity index (χ3n) is 5.28. The number of amides is 1. The Hall–Kier alpha value is -1.06. The first-order chi connectivity index (χ1) is 10.2. The molecule has 1 aliphatic heterocycles. The maximum absolute atomic E-state index is 12.6. The topological polar surface area (TPSA) is 46.3 Å². The molecule has 1 saturated heterocycles. The predicted molar refractivity (Wildman–Crippen MR) is 92.1 cm³/mol. The molecule has 1 heterocycles. The van der Waals surface area contributed by atoms with Crippen molar-refractivity contribution in [3.8, 4) is 0 Å². The molecule has 1 aromatic carbocycles. The molecule has 0 bridgehead atoms. The van der Waals surface area contributed by atoms with Crippen LogP contribution in [0.1, 0.15) is 44.1 Å². The van der Waals surface area contributed by atoms with Crippen LogP contribution in [0.5, 0.6) is 0 Å². The molecule has 1 atom stereocenters.